The van der Waals surface area contributed by atoms with Crippen LogP contribution in [0.4, 0.5) is 8.78 Å². The Morgan fingerprint density at radius 3 is 2.48 bits per heavy atom. The molecule has 6 heteroatoms. The van der Waals surface area contributed by atoms with Crippen LogP contribution in [-0.4, -0.2) is 52.4 Å². The van der Waals surface area contributed by atoms with Crippen molar-refractivity contribution in [3.05, 3.63) is 65.5 Å². The first kappa shape index (κ1) is 16.8. The van der Waals surface area contributed by atoms with E-state index in [1.54, 1.807) is 24.5 Å². The first-order valence-corrected chi connectivity index (χ1v) is 9.53. The summed E-state index contributed by atoms with van der Waals surface area (Å²) in [6.07, 6.45) is 5.38. The molecule has 1 aromatic carbocycles. The van der Waals surface area contributed by atoms with Crippen LogP contribution in [0.1, 0.15) is 34.7 Å². The van der Waals surface area contributed by atoms with Crippen LogP contribution in [0.15, 0.2) is 42.7 Å². The third-order valence-corrected chi connectivity index (χ3v) is 6.48. The van der Waals surface area contributed by atoms with Gasteiger partial charge in [0, 0.05) is 37.0 Å². The largest absolute Gasteiger partial charge is 0.333 e. The molecular weight excluding hydrogens is 348 g/mol. The molecule has 4 saturated heterocycles. The fourth-order valence-electron chi connectivity index (χ4n) is 5.39. The molecule has 2 bridgehead atoms. The predicted molar refractivity (Wildman–Crippen MR) is 96.2 cm³/mol. The summed E-state index contributed by atoms with van der Waals surface area (Å²) in [5.74, 6) is -0.789. The second kappa shape index (κ2) is 6.37. The molecule has 0 unspecified atom stereocenters. The number of pyridine rings is 1. The van der Waals surface area contributed by atoms with Gasteiger partial charge in [0.2, 0.25) is 0 Å². The summed E-state index contributed by atoms with van der Waals surface area (Å²) in [6.45, 7) is 2.48. The number of fused-ring (bicyclic) bond motifs is 2. The van der Waals surface area contributed by atoms with Gasteiger partial charge in [0.25, 0.3) is 5.91 Å². The van der Waals surface area contributed by atoms with Crippen LogP contribution in [0.25, 0.3) is 0 Å². The van der Waals surface area contributed by atoms with Crippen molar-refractivity contribution in [1.82, 2.24) is 14.8 Å². The highest BCUT2D eigenvalue weighted by molar-refractivity contribution is 5.94. The number of hydrogen-bond donors (Lipinski definition) is 0. The molecule has 0 N–H and O–H groups in total. The molecule has 1 amide bonds. The first-order chi connectivity index (χ1) is 13.1. The lowest BCUT2D eigenvalue weighted by atomic mass is 9.75. The standard InChI is InChI=1S/C21H21F2N3O/c22-16-8-15(9-17(23)10-16)18-12-26(21(27)14-2-1-5-24-11-14)19-13-3-6-25(7-4-13)20(18)19/h1-2,5,8-11,13,18-20H,3-4,6-7,12H2/t18-,19+,20+/m1/s1. The first-order valence-electron chi connectivity index (χ1n) is 9.53. The molecule has 4 fully saturated rings. The number of nitrogens with zero attached hydrogens (tertiary/aromatic N) is 3. The minimum atomic E-state index is -0.561. The highest BCUT2D eigenvalue weighted by Gasteiger charge is 2.54. The number of likely N-dealkylation sites (tertiary alicyclic amines) is 1. The van der Waals surface area contributed by atoms with Gasteiger partial charge in [-0.3, -0.25) is 14.7 Å². The molecule has 4 nitrogen and oxygen atoms in total. The Hall–Kier alpha value is -2.34. The van der Waals surface area contributed by atoms with E-state index in [1.165, 1.54) is 12.1 Å². The summed E-state index contributed by atoms with van der Waals surface area (Å²) in [7, 11) is 0. The van der Waals surface area contributed by atoms with Gasteiger partial charge < -0.3 is 4.90 Å². The highest BCUT2D eigenvalue weighted by Crippen LogP contribution is 2.47. The van der Waals surface area contributed by atoms with Crippen LogP contribution in [0, 0.1) is 17.6 Å². The molecule has 4 aliphatic rings. The Bertz CT molecular complexity index is 847. The van der Waals surface area contributed by atoms with Crippen molar-refractivity contribution in [2.75, 3.05) is 19.6 Å². The molecule has 0 saturated carbocycles. The minimum absolute atomic E-state index is 0.0359. The Morgan fingerprint density at radius 1 is 1.07 bits per heavy atom. The summed E-state index contributed by atoms with van der Waals surface area (Å²) in [5, 5.41) is 0. The van der Waals surface area contributed by atoms with E-state index < -0.39 is 11.6 Å². The lowest BCUT2D eigenvalue weighted by Crippen LogP contribution is -2.60. The average Bonchev–Trinajstić information content (AvgIpc) is 3.11. The quantitative estimate of drug-likeness (QED) is 0.816. The molecule has 2 aromatic rings. The number of piperidine rings is 3. The van der Waals surface area contributed by atoms with E-state index in [2.05, 4.69) is 9.88 Å². The zero-order valence-corrected chi connectivity index (χ0v) is 14.9. The predicted octanol–water partition coefficient (Wildman–Crippen LogP) is 3.06. The van der Waals surface area contributed by atoms with Gasteiger partial charge in [-0.25, -0.2) is 8.78 Å². The number of carbonyl (C=O) groups is 1. The van der Waals surface area contributed by atoms with Crippen molar-refractivity contribution in [1.29, 1.82) is 0 Å². The molecular formula is C21H21F2N3O. The fourth-order valence-corrected chi connectivity index (χ4v) is 5.39. The van der Waals surface area contributed by atoms with Crippen molar-refractivity contribution in [3.8, 4) is 0 Å². The Kier molecular flexibility index (Phi) is 3.97. The van der Waals surface area contributed by atoms with Gasteiger partial charge in [0.1, 0.15) is 11.6 Å². The molecule has 0 radical (unpaired) electrons. The second-order valence-electron chi connectivity index (χ2n) is 7.86. The van der Waals surface area contributed by atoms with E-state index in [0.29, 0.717) is 23.6 Å². The molecule has 0 spiro atoms. The van der Waals surface area contributed by atoms with Gasteiger partial charge in [-0.1, -0.05) is 0 Å². The maximum atomic E-state index is 13.9. The van der Waals surface area contributed by atoms with Crippen molar-refractivity contribution in [3.63, 3.8) is 0 Å². The van der Waals surface area contributed by atoms with Crippen molar-refractivity contribution >= 4 is 5.91 Å². The van der Waals surface area contributed by atoms with Gasteiger partial charge >= 0.3 is 0 Å². The summed E-state index contributed by atoms with van der Waals surface area (Å²) in [4.78, 5) is 21.6. The maximum absolute atomic E-state index is 13.9. The smallest absolute Gasteiger partial charge is 0.255 e. The molecule has 140 valence electrons. The van der Waals surface area contributed by atoms with Gasteiger partial charge in [-0.15, -0.1) is 0 Å². The third-order valence-electron chi connectivity index (χ3n) is 6.48. The van der Waals surface area contributed by atoms with Gasteiger partial charge in [-0.2, -0.15) is 0 Å². The summed E-state index contributed by atoms with van der Waals surface area (Å²) in [5.41, 5.74) is 1.22. The lowest BCUT2D eigenvalue weighted by Gasteiger charge is -2.51. The molecule has 4 aliphatic heterocycles. The van der Waals surface area contributed by atoms with E-state index in [1.807, 2.05) is 4.90 Å². The van der Waals surface area contributed by atoms with E-state index in [9.17, 15) is 13.6 Å². The second-order valence-corrected chi connectivity index (χ2v) is 7.86. The number of benzene rings is 1. The van der Waals surface area contributed by atoms with Gasteiger partial charge in [0.15, 0.2) is 0 Å². The lowest BCUT2D eigenvalue weighted by molar-refractivity contribution is -0.00344. The molecule has 27 heavy (non-hydrogen) atoms. The summed E-state index contributed by atoms with van der Waals surface area (Å²) in [6, 6.07) is 7.51. The summed E-state index contributed by atoms with van der Waals surface area (Å²) >= 11 is 0. The molecule has 0 aliphatic carbocycles. The Balaban J connectivity index is 1.55. The number of carbonyl (C=O) groups excluding carboxylic acids is 1. The topological polar surface area (TPSA) is 36.4 Å². The van der Waals surface area contributed by atoms with Crippen LogP contribution in [0.5, 0.6) is 0 Å². The third kappa shape index (κ3) is 2.74. The number of hydrogen-bond acceptors (Lipinski definition) is 3. The number of aromatic nitrogens is 1. The van der Waals surface area contributed by atoms with Crippen molar-refractivity contribution in [2.24, 2.45) is 5.92 Å². The average molecular weight is 369 g/mol. The minimum Gasteiger partial charge on any atom is -0.333 e. The van der Waals surface area contributed by atoms with Crippen LogP contribution in [-0.2, 0) is 0 Å². The molecule has 6 rings (SSSR count). The summed E-state index contributed by atoms with van der Waals surface area (Å²) < 4.78 is 27.7. The van der Waals surface area contributed by atoms with Gasteiger partial charge in [0.05, 0.1) is 11.6 Å². The zero-order chi connectivity index (χ0) is 18.5. The Labute approximate surface area is 156 Å². The van der Waals surface area contributed by atoms with E-state index in [4.69, 9.17) is 0 Å². The molecule has 3 atom stereocenters. The van der Waals surface area contributed by atoms with E-state index in [0.717, 1.165) is 32.0 Å². The van der Waals surface area contributed by atoms with Crippen molar-refractivity contribution < 1.29 is 13.6 Å². The SMILES string of the molecule is O=C(c1cccnc1)N1C[C@H](c2cc(F)cc(F)c2)[C@H]2[C@@H]1C1CCN2CC1. The van der Waals surface area contributed by atoms with Crippen molar-refractivity contribution in [2.45, 2.75) is 30.8 Å². The highest BCUT2D eigenvalue weighted by atomic mass is 19.1. The molecule has 5 heterocycles. The van der Waals surface area contributed by atoms with E-state index in [-0.39, 0.29) is 23.9 Å². The monoisotopic (exact) mass is 369 g/mol. The maximum Gasteiger partial charge on any atom is 0.255 e. The fraction of sp³-hybridized carbons (Fsp3) is 0.429. The zero-order valence-electron chi connectivity index (χ0n) is 14.9. The van der Waals surface area contributed by atoms with E-state index >= 15 is 0 Å². The van der Waals surface area contributed by atoms with Gasteiger partial charge in [-0.05, 0) is 61.7 Å². The number of rotatable bonds is 2. The number of amides is 1. The van der Waals surface area contributed by atoms with Crippen LogP contribution >= 0.6 is 0 Å². The van der Waals surface area contributed by atoms with Crippen LogP contribution in [0.3, 0.4) is 0 Å². The van der Waals surface area contributed by atoms with Crippen LogP contribution in [0.2, 0.25) is 0 Å². The molecule has 1 aromatic heterocycles. The van der Waals surface area contributed by atoms with Crippen LogP contribution < -0.4 is 0 Å². The number of halogens is 2. The normalized spacial score (nSPS) is 31.8. The Morgan fingerprint density at radius 2 is 1.81 bits per heavy atom.